The fourth-order valence-corrected chi connectivity index (χ4v) is 3.74. The summed E-state index contributed by atoms with van der Waals surface area (Å²) in [5, 5.41) is 14.6. The minimum absolute atomic E-state index is 0.0909. The molecule has 0 aliphatic heterocycles. The van der Waals surface area contributed by atoms with E-state index in [9.17, 15) is 4.79 Å². The van der Waals surface area contributed by atoms with Crippen LogP contribution in [0.2, 0.25) is 0 Å². The first-order chi connectivity index (χ1) is 15.6. The lowest BCUT2D eigenvalue weighted by Crippen LogP contribution is -2.35. The van der Waals surface area contributed by atoms with Crippen LogP contribution >= 0.6 is 0 Å². The van der Waals surface area contributed by atoms with Crippen LogP contribution in [0.4, 0.5) is 0 Å². The summed E-state index contributed by atoms with van der Waals surface area (Å²) < 4.78 is 5.94. The molecule has 32 heavy (non-hydrogen) atoms. The molecule has 0 saturated carbocycles. The van der Waals surface area contributed by atoms with Gasteiger partial charge in [-0.15, -0.1) is 10.2 Å². The molecule has 0 radical (unpaired) electrons. The molecule has 1 aromatic carbocycles. The van der Waals surface area contributed by atoms with Crippen LogP contribution in [0.25, 0.3) is 28.6 Å². The normalized spacial score (nSPS) is 16.0. The maximum atomic E-state index is 11.6. The highest BCUT2D eigenvalue weighted by Crippen LogP contribution is 2.29. The highest BCUT2D eigenvalue weighted by molar-refractivity contribution is 5.76. The van der Waals surface area contributed by atoms with Gasteiger partial charge in [0.05, 0.1) is 17.6 Å². The lowest BCUT2D eigenvalue weighted by molar-refractivity contribution is -0.121. The second kappa shape index (κ2) is 9.82. The highest BCUT2D eigenvalue weighted by atomic mass is 16.4. The number of hydrogen-bond donors (Lipinski definition) is 2. The van der Waals surface area contributed by atoms with E-state index in [1.54, 1.807) is 6.20 Å². The van der Waals surface area contributed by atoms with Crippen LogP contribution in [-0.2, 0) is 11.3 Å². The average Bonchev–Trinajstić information content (AvgIpc) is 3.31. The van der Waals surface area contributed by atoms with Crippen LogP contribution in [0, 0.1) is 6.92 Å². The summed E-state index contributed by atoms with van der Waals surface area (Å²) in [6, 6.07) is 8.20. The molecule has 8 nitrogen and oxygen atoms in total. The molecule has 1 aliphatic rings. The van der Waals surface area contributed by atoms with E-state index < -0.39 is 0 Å². The summed E-state index contributed by atoms with van der Waals surface area (Å²) in [4.78, 5) is 20.9. The van der Waals surface area contributed by atoms with Gasteiger partial charge in [0.2, 0.25) is 11.8 Å². The molecule has 0 saturated heterocycles. The van der Waals surface area contributed by atoms with Crippen LogP contribution in [0.1, 0.15) is 49.6 Å². The third-order valence-electron chi connectivity index (χ3n) is 5.59. The van der Waals surface area contributed by atoms with E-state index >= 15 is 0 Å². The van der Waals surface area contributed by atoms with Crippen molar-refractivity contribution in [1.82, 2.24) is 30.8 Å². The zero-order valence-electron chi connectivity index (χ0n) is 18.7. The van der Waals surface area contributed by atoms with Crippen molar-refractivity contribution in [2.75, 3.05) is 7.05 Å². The molecular formula is C24H28N6O2. The molecule has 2 N–H and O–H groups in total. The first-order valence-electron chi connectivity index (χ1n) is 11.0. The number of aryl methyl sites for hydroxylation is 1. The Hall–Kier alpha value is -3.39. The van der Waals surface area contributed by atoms with E-state index in [4.69, 9.17) is 9.40 Å². The smallest absolute Gasteiger partial charge is 0.268 e. The second-order valence-electron chi connectivity index (χ2n) is 7.95. The predicted molar refractivity (Wildman–Crippen MR) is 122 cm³/mol. The highest BCUT2D eigenvalue weighted by Gasteiger charge is 2.20. The fraction of sp³-hybridized carbons (Fsp3) is 0.375. The number of amides is 1. The van der Waals surface area contributed by atoms with Gasteiger partial charge in [-0.05, 0) is 56.5 Å². The molecule has 1 atom stereocenters. The first-order valence-corrected chi connectivity index (χ1v) is 11.0. The van der Waals surface area contributed by atoms with E-state index in [1.165, 1.54) is 5.56 Å². The molecule has 1 aliphatic carbocycles. The zero-order valence-corrected chi connectivity index (χ0v) is 18.7. The summed E-state index contributed by atoms with van der Waals surface area (Å²) in [5.41, 5.74) is 5.30. The largest absolute Gasteiger partial charge is 0.415 e. The van der Waals surface area contributed by atoms with Crippen molar-refractivity contribution in [2.45, 2.75) is 52.1 Å². The number of allylic oxidation sites excluding steroid dienone is 1. The Morgan fingerprint density at radius 2 is 1.97 bits per heavy atom. The summed E-state index contributed by atoms with van der Waals surface area (Å²) in [5.74, 6) is 0.901. The van der Waals surface area contributed by atoms with Crippen LogP contribution in [-0.4, -0.2) is 39.2 Å². The van der Waals surface area contributed by atoms with E-state index in [0.717, 1.165) is 48.3 Å². The molecule has 1 amide bonds. The molecule has 0 fully saturated rings. The number of benzene rings is 1. The van der Waals surface area contributed by atoms with Gasteiger partial charge in [-0.25, -0.2) is 4.98 Å². The summed E-state index contributed by atoms with van der Waals surface area (Å²) in [7, 11) is 1.92. The van der Waals surface area contributed by atoms with Gasteiger partial charge >= 0.3 is 0 Å². The summed E-state index contributed by atoms with van der Waals surface area (Å²) in [6.07, 6.45) is 6.94. The number of nitrogens with zero attached hydrogens (tertiary/aromatic N) is 4. The van der Waals surface area contributed by atoms with E-state index in [1.807, 2.05) is 45.2 Å². The molecule has 8 heteroatoms. The SMILES string of the molecule is CCC(=O)NC1CC=C(c2cnc(C)c(-c3nnc(-c4ccc(CNC)cc4)o3)n2)CC1. The number of carbonyl (C=O) groups is 1. The Bertz CT molecular complexity index is 1120. The molecule has 2 aromatic heterocycles. The Balaban J connectivity index is 1.53. The van der Waals surface area contributed by atoms with Crippen LogP contribution in [0.3, 0.4) is 0 Å². The van der Waals surface area contributed by atoms with Crippen molar-refractivity contribution in [3.63, 3.8) is 0 Å². The third kappa shape index (κ3) is 4.91. The van der Waals surface area contributed by atoms with Crippen LogP contribution in [0.15, 0.2) is 41.0 Å². The van der Waals surface area contributed by atoms with Crippen LogP contribution < -0.4 is 10.6 Å². The first kappa shape index (κ1) is 21.8. The van der Waals surface area contributed by atoms with Crippen molar-refractivity contribution in [2.24, 2.45) is 0 Å². The Labute approximate surface area is 187 Å². The van der Waals surface area contributed by atoms with E-state index in [0.29, 0.717) is 23.9 Å². The number of rotatable bonds is 7. The van der Waals surface area contributed by atoms with E-state index in [2.05, 4.69) is 31.9 Å². The Kier molecular flexibility index (Phi) is 6.70. The van der Waals surface area contributed by atoms with Crippen molar-refractivity contribution < 1.29 is 9.21 Å². The monoisotopic (exact) mass is 432 g/mol. The minimum Gasteiger partial charge on any atom is -0.415 e. The Morgan fingerprint density at radius 1 is 1.19 bits per heavy atom. The van der Waals surface area contributed by atoms with E-state index in [-0.39, 0.29) is 11.9 Å². The quantitative estimate of drug-likeness (QED) is 0.586. The molecule has 0 bridgehead atoms. The maximum absolute atomic E-state index is 11.6. The maximum Gasteiger partial charge on any atom is 0.268 e. The molecule has 1 unspecified atom stereocenters. The van der Waals surface area contributed by atoms with Gasteiger partial charge in [0.25, 0.3) is 5.89 Å². The number of carbonyl (C=O) groups excluding carboxylic acids is 1. The predicted octanol–water partition coefficient (Wildman–Crippen LogP) is 3.68. The lowest BCUT2D eigenvalue weighted by atomic mass is 9.93. The molecule has 166 valence electrons. The second-order valence-corrected chi connectivity index (χ2v) is 7.95. The average molecular weight is 433 g/mol. The number of hydrogen-bond acceptors (Lipinski definition) is 7. The molecular weight excluding hydrogens is 404 g/mol. The van der Waals surface area contributed by atoms with Crippen LogP contribution in [0.5, 0.6) is 0 Å². The third-order valence-corrected chi connectivity index (χ3v) is 5.59. The molecule has 3 aromatic rings. The van der Waals surface area contributed by atoms with Gasteiger partial charge in [-0.1, -0.05) is 25.1 Å². The number of nitrogens with one attached hydrogen (secondary N) is 2. The summed E-state index contributed by atoms with van der Waals surface area (Å²) in [6.45, 7) is 4.55. The van der Waals surface area contributed by atoms with Gasteiger partial charge in [0.15, 0.2) is 0 Å². The van der Waals surface area contributed by atoms with Crippen molar-refractivity contribution >= 4 is 11.5 Å². The lowest BCUT2D eigenvalue weighted by Gasteiger charge is -2.22. The number of aromatic nitrogens is 4. The van der Waals surface area contributed by atoms with Crippen molar-refractivity contribution in [3.05, 3.63) is 53.5 Å². The van der Waals surface area contributed by atoms with Gasteiger partial charge in [0.1, 0.15) is 5.69 Å². The van der Waals surface area contributed by atoms with Gasteiger partial charge in [-0.3, -0.25) is 9.78 Å². The van der Waals surface area contributed by atoms with Gasteiger partial charge in [0, 0.05) is 24.6 Å². The fourth-order valence-electron chi connectivity index (χ4n) is 3.74. The minimum atomic E-state index is 0.0909. The molecule has 0 spiro atoms. The molecule has 2 heterocycles. The van der Waals surface area contributed by atoms with Gasteiger partial charge in [-0.2, -0.15) is 0 Å². The summed E-state index contributed by atoms with van der Waals surface area (Å²) >= 11 is 0. The van der Waals surface area contributed by atoms with Crippen molar-refractivity contribution in [3.8, 4) is 23.0 Å². The topological polar surface area (TPSA) is 106 Å². The van der Waals surface area contributed by atoms with Crippen molar-refractivity contribution in [1.29, 1.82) is 0 Å². The molecule has 4 rings (SSSR count). The Morgan fingerprint density at radius 3 is 2.66 bits per heavy atom. The van der Waals surface area contributed by atoms with Gasteiger partial charge < -0.3 is 15.1 Å². The zero-order chi connectivity index (χ0) is 22.5. The standard InChI is InChI=1S/C24H28N6O2/c1-4-21(31)27-19-11-9-17(10-12-19)20-14-26-15(2)22(28-20)24-30-29-23(32-24)18-7-5-16(6-8-18)13-25-3/h5-9,14,19,25H,4,10-13H2,1-3H3,(H,27,31).